The number of aliphatic hydroxyl groups is 1. The van der Waals surface area contributed by atoms with Gasteiger partial charge < -0.3 is 45.7 Å². The first-order valence-corrected chi connectivity index (χ1v) is 31.9. The molecule has 15 nitrogen and oxygen atoms in total. The number of carbonyl (C=O) groups is 7. The van der Waals surface area contributed by atoms with Crippen LogP contribution in [0, 0.1) is 11.8 Å². The van der Waals surface area contributed by atoms with Crippen LogP contribution in [0.25, 0.3) is 0 Å². The molecule has 0 saturated heterocycles. The van der Waals surface area contributed by atoms with Crippen LogP contribution in [-0.4, -0.2) is 103 Å². The maximum absolute atomic E-state index is 12.9. The van der Waals surface area contributed by atoms with E-state index in [0.29, 0.717) is 70.9 Å². The minimum absolute atomic E-state index is 0.0172. The van der Waals surface area contributed by atoms with Gasteiger partial charge in [-0.3, -0.25) is 19.2 Å². The van der Waals surface area contributed by atoms with E-state index in [1.54, 1.807) is 14.0 Å². The van der Waals surface area contributed by atoms with E-state index in [2.05, 4.69) is 40.3 Å². The smallest absolute Gasteiger partial charge is 0.328 e. The van der Waals surface area contributed by atoms with Crippen LogP contribution in [0.1, 0.15) is 292 Å². The Balaban J connectivity index is 0. The number of esters is 2. The fourth-order valence-corrected chi connectivity index (χ4v) is 9.19. The molecule has 0 aromatic carbocycles. The van der Waals surface area contributed by atoms with E-state index in [4.69, 9.17) is 19.7 Å². The lowest BCUT2D eigenvalue weighted by atomic mass is 10.0. The zero-order chi connectivity index (χ0) is 59.0. The number of aliphatic carboxylic acids is 1. The van der Waals surface area contributed by atoms with Gasteiger partial charge in [0, 0.05) is 38.8 Å². The molecular weight excluding hydrogens is 1000 g/mol. The lowest BCUT2D eigenvalue weighted by molar-refractivity contribution is -0.149. The second kappa shape index (κ2) is 57.4. The maximum atomic E-state index is 12.9. The van der Waals surface area contributed by atoms with E-state index in [-0.39, 0.29) is 48.6 Å². The number of carboxylic acids is 1. The average Bonchev–Trinajstić information content (AvgIpc) is 3.40. The molecule has 0 spiro atoms. The number of aliphatic hydroxyl groups excluding tert-OH is 1. The van der Waals surface area contributed by atoms with Gasteiger partial charge in [-0.1, -0.05) is 156 Å². The monoisotopic (exact) mass is 1120 g/mol. The number of hydrogen-bond acceptors (Lipinski definition) is 11. The predicted octanol–water partition coefficient (Wildman–Crippen LogP) is 13.5. The van der Waals surface area contributed by atoms with Crippen molar-refractivity contribution in [1.29, 1.82) is 0 Å². The first-order chi connectivity index (χ1) is 38.1. The molecule has 3 unspecified atom stereocenters. The predicted molar refractivity (Wildman–Crippen MR) is 322 cm³/mol. The van der Waals surface area contributed by atoms with Crippen LogP contribution < -0.4 is 21.3 Å². The summed E-state index contributed by atoms with van der Waals surface area (Å²) in [5, 5.41) is 29.1. The molecule has 3 amide bonds. The van der Waals surface area contributed by atoms with Gasteiger partial charge >= 0.3 is 17.9 Å². The molecular formula is C64H120N4O11. The highest BCUT2D eigenvalue weighted by atomic mass is 16.5. The third-order valence-corrected chi connectivity index (χ3v) is 14.0. The van der Waals surface area contributed by atoms with Crippen molar-refractivity contribution in [1.82, 2.24) is 21.3 Å². The Bertz CT molecular complexity index is 1540. The maximum Gasteiger partial charge on any atom is 0.328 e. The van der Waals surface area contributed by atoms with E-state index < -0.39 is 36.0 Å². The largest absolute Gasteiger partial charge is 0.480 e. The number of ether oxygens (including phenoxy) is 2. The average molecular weight is 1120 g/mol. The summed E-state index contributed by atoms with van der Waals surface area (Å²) in [7, 11) is 1.63. The van der Waals surface area contributed by atoms with Crippen LogP contribution >= 0.6 is 0 Å². The minimum atomic E-state index is -0.862. The minimum Gasteiger partial charge on any atom is -0.480 e. The fourth-order valence-electron chi connectivity index (χ4n) is 9.19. The van der Waals surface area contributed by atoms with Crippen molar-refractivity contribution in [3.8, 4) is 0 Å². The van der Waals surface area contributed by atoms with Crippen LogP contribution in [0.15, 0.2) is 12.2 Å². The van der Waals surface area contributed by atoms with Gasteiger partial charge in [0.25, 0.3) is 0 Å². The molecule has 79 heavy (non-hydrogen) atoms. The van der Waals surface area contributed by atoms with Gasteiger partial charge in [0.2, 0.25) is 17.7 Å². The van der Waals surface area contributed by atoms with Gasteiger partial charge in [0.15, 0.2) is 0 Å². The molecule has 0 saturated carbocycles. The third-order valence-electron chi connectivity index (χ3n) is 14.0. The van der Waals surface area contributed by atoms with E-state index in [9.17, 15) is 33.6 Å². The Labute approximate surface area is 481 Å². The normalized spacial score (nSPS) is 12.4. The second-order valence-corrected chi connectivity index (χ2v) is 22.9. The second-order valence-electron chi connectivity index (χ2n) is 22.9. The molecule has 0 aliphatic rings. The number of Topliss-reactive ketones (excluding diaryl/α,β-unsaturated/α-hetero) is 1. The first-order valence-electron chi connectivity index (χ1n) is 31.9. The molecule has 15 heteroatoms. The quantitative estimate of drug-likeness (QED) is 0.0190. The summed E-state index contributed by atoms with van der Waals surface area (Å²) in [6.45, 7) is 13.3. The molecule has 0 aliphatic carbocycles. The molecule has 0 aromatic heterocycles. The van der Waals surface area contributed by atoms with Crippen LogP contribution in [0.4, 0.5) is 0 Å². The Hall–Kier alpha value is -3.85. The summed E-state index contributed by atoms with van der Waals surface area (Å²) in [6.07, 6.45) is 42.0. The van der Waals surface area contributed by atoms with Crippen molar-refractivity contribution in [2.75, 3.05) is 33.4 Å². The Morgan fingerprint density at radius 3 is 1.23 bits per heavy atom. The number of hydrogen-bond donors (Lipinski definition) is 6. The van der Waals surface area contributed by atoms with E-state index in [1.165, 1.54) is 83.5 Å². The molecule has 0 heterocycles. The van der Waals surface area contributed by atoms with Crippen molar-refractivity contribution >= 4 is 41.4 Å². The highest BCUT2D eigenvalue weighted by Gasteiger charge is 2.25. The Kier molecular flexibility index (Phi) is 56.1. The van der Waals surface area contributed by atoms with E-state index >= 15 is 0 Å². The number of rotatable bonds is 55. The summed E-state index contributed by atoms with van der Waals surface area (Å²) >= 11 is 0. The molecule has 0 radical (unpaired) electrons. The van der Waals surface area contributed by atoms with Crippen molar-refractivity contribution in [2.45, 2.75) is 310 Å². The molecule has 6 N–H and O–H groups in total. The fraction of sp³-hybridized carbons (Fsp3) is 0.859. The highest BCUT2D eigenvalue weighted by molar-refractivity contribution is 5.85. The number of carboxylic acid groups (broad SMARTS) is 1. The van der Waals surface area contributed by atoms with Crippen LogP contribution in [-0.2, 0) is 43.0 Å². The Morgan fingerprint density at radius 1 is 0.456 bits per heavy atom. The molecule has 462 valence electrons. The van der Waals surface area contributed by atoms with Gasteiger partial charge in [-0.15, -0.1) is 0 Å². The summed E-state index contributed by atoms with van der Waals surface area (Å²) < 4.78 is 11.0. The molecule has 0 aliphatic heterocycles. The van der Waals surface area contributed by atoms with Gasteiger partial charge in [0.05, 0.1) is 13.2 Å². The summed E-state index contributed by atoms with van der Waals surface area (Å²) in [5.74, 6) is -1.34. The standard InChI is InChI=1S/C46H84N4O10.C18H36O/c1-35(2)33-39(49-42(53)28-19-13-8-7-11-17-25-37(5)51)45(57)59-31-23-15-16-24-32-60-46(58)40(34-36(3)4)50-43(54)29-20-14-10-9-12-18-27-41(52)48-30-22-21-26-38(47-6)44(55)56;1-2-3-4-5-6-7-8-9-10-11-12-13-14-15-16-17-18-19/h35-36,38-40,47H,7-34H2,1-6H3,(H,48,52)(H,49,53)(H,50,54)(H,55,56);9-10,19H,2-8,11-18H2,1H3/b;10-9+. The molecule has 0 fully saturated rings. The summed E-state index contributed by atoms with van der Waals surface area (Å²) in [4.78, 5) is 85.0. The van der Waals surface area contributed by atoms with E-state index in [1.807, 2.05) is 27.7 Å². The number of ketones is 1. The lowest BCUT2D eigenvalue weighted by Gasteiger charge is -2.20. The van der Waals surface area contributed by atoms with Crippen molar-refractivity contribution in [2.24, 2.45) is 11.8 Å². The lowest BCUT2D eigenvalue weighted by Crippen LogP contribution is -2.42. The molecule has 0 rings (SSSR count). The topological polar surface area (TPSA) is 227 Å². The SMILES string of the molecule is CCCCCCCC/C=C/CCCCCCCCO.CNC(CCCCNC(=O)CCCCCCCCC(=O)NC(CC(C)C)C(=O)OCCCCCCOC(=O)C(CC(C)C)NC(=O)CCCCCCCCC(C)=O)C(=O)O. The van der Waals surface area contributed by atoms with Crippen LogP contribution in [0.3, 0.4) is 0 Å². The summed E-state index contributed by atoms with van der Waals surface area (Å²) in [6, 6.07) is -1.91. The van der Waals surface area contributed by atoms with Crippen molar-refractivity contribution in [3.05, 3.63) is 12.2 Å². The number of amides is 3. The Morgan fingerprint density at radius 2 is 0.835 bits per heavy atom. The first kappa shape index (κ1) is 77.2. The zero-order valence-electron chi connectivity index (χ0n) is 51.5. The number of unbranched alkanes of at least 4 members (excludes halogenated alkanes) is 26. The van der Waals surface area contributed by atoms with Gasteiger partial charge in [0.1, 0.15) is 23.9 Å². The highest BCUT2D eigenvalue weighted by Crippen LogP contribution is 2.15. The van der Waals surface area contributed by atoms with Crippen LogP contribution in [0.5, 0.6) is 0 Å². The van der Waals surface area contributed by atoms with Gasteiger partial charge in [-0.25, -0.2) is 9.59 Å². The molecule has 0 aromatic rings. The molecule has 3 atom stereocenters. The van der Waals surface area contributed by atoms with Crippen LogP contribution in [0.2, 0.25) is 0 Å². The number of likely N-dealkylation sites (N-methyl/N-ethyl adjacent to an activating group) is 1. The van der Waals surface area contributed by atoms with Gasteiger partial charge in [-0.2, -0.15) is 0 Å². The van der Waals surface area contributed by atoms with Crippen molar-refractivity contribution in [3.63, 3.8) is 0 Å². The number of allylic oxidation sites excluding steroid dienone is 2. The number of nitrogens with one attached hydrogen (secondary N) is 4. The van der Waals surface area contributed by atoms with E-state index in [0.717, 1.165) is 109 Å². The van der Waals surface area contributed by atoms with Crippen molar-refractivity contribution < 1.29 is 53.2 Å². The number of carbonyl (C=O) groups excluding carboxylic acids is 6. The third kappa shape index (κ3) is 55.8. The van der Waals surface area contributed by atoms with Gasteiger partial charge in [-0.05, 0) is 141 Å². The summed E-state index contributed by atoms with van der Waals surface area (Å²) in [5.41, 5.74) is 0. The zero-order valence-corrected chi connectivity index (χ0v) is 51.5. The molecule has 0 bridgehead atoms.